The van der Waals surface area contributed by atoms with Crippen LogP contribution in [0.1, 0.15) is 28.4 Å². The van der Waals surface area contributed by atoms with E-state index in [1.807, 2.05) is 25.1 Å². The van der Waals surface area contributed by atoms with Crippen molar-refractivity contribution in [3.63, 3.8) is 0 Å². The third-order valence-corrected chi connectivity index (χ3v) is 3.41. The molecule has 3 nitrogen and oxygen atoms in total. The van der Waals surface area contributed by atoms with Crippen molar-refractivity contribution >= 4 is 0 Å². The van der Waals surface area contributed by atoms with Gasteiger partial charge >= 0.3 is 0 Å². The SMILES string of the molecule is Cc1ccncc1C(O)c1cccc2c1OCC2. The Morgan fingerprint density at radius 2 is 2.17 bits per heavy atom. The summed E-state index contributed by atoms with van der Waals surface area (Å²) >= 11 is 0. The van der Waals surface area contributed by atoms with Crippen molar-refractivity contribution in [2.75, 3.05) is 6.61 Å². The van der Waals surface area contributed by atoms with Gasteiger partial charge in [-0.05, 0) is 24.1 Å². The van der Waals surface area contributed by atoms with Crippen molar-refractivity contribution in [1.29, 1.82) is 0 Å². The fourth-order valence-corrected chi connectivity index (χ4v) is 2.39. The first-order chi connectivity index (χ1) is 8.77. The molecule has 0 spiro atoms. The lowest BCUT2D eigenvalue weighted by molar-refractivity contribution is 0.212. The van der Waals surface area contributed by atoms with Crippen LogP contribution in [0.5, 0.6) is 5.75 Å². The minimum absolute atomic E-state index is 0.674. The number of aliphatic hydroxyl groups is 1. The molecule has 92 valence electrons. The van der Waals surface area contributed by atoms with E-state index in [0.29, 0.717) is 6.61 Å². The lowest BCUT2D eigenvalue weighted by Crippen LogP contribution is -2.04. The highest BCUT2D eigenvalue weighted by Gasteiger charge is 2.22. The summed E-state index contributed by atoms with van der Waals surface area (Å²) < 4.78 is 5.63. The highest BCUT2D eigenvalue weighted by atomic mass is 16.5. The van der Waals surface area contributed by atoms with Gasteiger partial charge in [0.05, 0.1) is 6.61 Å². The first kappa shape index (κ1) is 11.2. The molecule has 0 saturated carbocycles. The first-order valence-corrected chi connectivity index (χ1v) is 6.10. The van der Waals surface area contributed by atoms with E-state index in [2.05, 4.69) is 11.1 Å². The number of aromatic nitrogens is 1. The van der Waals surface area contributed by atoms with Gasteiger partial charge in [0.2, 0.25) is 0 Å². The van der Waals surface area contributed by atoms with Crippen LogP contribution in [-0.4, -0.2) is 16.7 Å². The molecule has 1 atom stereocenters. The van der Waals surface area contributed by atoms with E-state index in [4.69, 9.17) is 4.74 Å². The van der Waals surface area contributed by atoms with Gasteiger partial charge in [-0.3, -0.25) is 4.98 Å². The number of aryl methyl sites for hydroxylation is 1. The molecule has 3 rings (SSSR count). The molecule has 0 bridgehead atoms. The molecule has 1 unspecified atom stereocenters. The summed E-state index contributed by atoms with van der Waals surface area (Å²) in [5.41, 5.74) is 3.88. The zero-order chi connectivity index (χ0) is 12.5. The van der Waals surface area contributed by atoms with Crippen LogP contribution < -0.4 is 4.74 Å². The summed E-state index contributed by atoms with van der Waals surface area (Å²) in [5.74, 6) is 0.841. The number of benzene rings is 1. The van der Waals surface area contributed by atoms with E-state index < -0.39 is 6.10 Å². The molecule has 1 aliphatic rings. The van der Waals surface area contributed by atoms with E-state index in [0.717, 1.165) is 28.9 Å². The van der Waals surface area contributed by atoms with Gasteiger partial charge in [-0.25, -0.2) is 0 Å². The van der Waals surface area contributed by atoms with Gasteiger partial charge in [0.15, 0.2) is 0 Å². The smallest absolute Gasteiger partial charge is 0.128 e. The number of fused-ring (bicyclic) bond motifs is 1. The van der Waals surface area contributed by atoms with Crippen molar-refractivity contribution < 1.29 is 9.84 Å². The van der Waals surface area contributed by atoms with Gasteiger partial charge in [0.25, 0.3) is 0 Å². The van der Waals surface area contributed by atoms with Crippen LogP contribution in [0.2, 0.25) is 0 Å². The Labute approximate surface area is 106 Å². The fraction of sp³-hybridized carbons (Fsp3) is 0.267. The minimum atomic E-state index is -0.674. The summed E-state index contributed by atoms with van der Waals surface area (Å²) in [4.78, 5) is 4.08. The number of nitrogens with zero attached hydrogens (tertiary/aromatic N) is 1. The largest absolute Gasteiger partial charge is 0.493 e. The van der Waals surface area contributed by atoms with Gasteiger partial charge in [0, 0.05) is 29.9 Å². The summed E-state index contributed by atoms with van der Waals surface area (Å²) in [5, 5.41) is 10.5. The number of rotatable bonds is 2. The molecule has 18 heavy (non-hydrogen) atoms. The molecule has 1 aliphatic heterocycles. The number of hydrogen-bond donors (Lipinski definition) is 1. The molecule has 0 saturated heterocycles. The van der Waals surface area contributed by atoms with E-state index >= 15 is 0 Å². The van der Waals surface area contributed by atoms with Crippen molar-refractivity contribution in [3.05, 3.63) is 58.9 Å². The van der Waals surface area contributed by atoms with Crippen LogP contribution in [0, 0.1) is 6.92 Å². The summed E-state index contributed by atoms with van der Waals surface area (Å²) in [6, 6.07) is 7.84. The molecule has 0 aliphatic carbocycles. The van der Waals surface area contributed by atoms with Gasteiger partial charge < -0.3 is 9.84 Å². The molecular formula is C15H15NO2. The Morgan fingerprint density at radius 3 is 3.00 bits per heavy atom. The maximum absolute atomic E-state index is 10.5. The quantitative estimate of drug-likeness (QED) is 0.878. The second kappa shape index (κ2) is 4.42. The highest BCUT2D eigenvalue weighted by molar-refractivity contribution is 5.48. The predicted molar refractivity (Wildman–Crippen MR) is 68.7 cm³/mol. The maximum atomic E-state index is 10.5. The van der Waals surface area contributed by atoms with Crippen molar-refractivity contribution in [1.82, 2.24) is 4.98 Å². The summed E-state index contributed by atoms with van der Waals surface area (Å²) in [6.07, 6.45) is 3.69. The van der Waals surface area contributed by atoms with Crippen LogP contribution >= 0.6 is 0 Å². The Bertz CT molecular complexity index is 580. The maximum Gasteiger partial charge on any atom is 0.128 e. The molecule has 0 radical (unpaired) electrons. The van der Waals surface area contributed by atoms with E-state index in [9.17, 15) is 5.11 Å². The van der Waals surface area contributed by atoms with Crippen LogP contribution in [0.3, 0.4) is 0 Å². The molecule has 1 N–H and O–H groups in total. The van der Waals surface area contributed by atoms with Crippen LogP contribution in [-0.2, 0) is 6.42 Å². The average Bonchev–Trinajstić information content (AvgIpc) is 2.86. The first-order valence-electron chi connectivity index (χ1n) is 6.10. The summed E-state index contributed by atoms with van der Waals surface area (Å²) in [7, 11) is 0. The summed E-state index contributed by atoms with van der Waals surface area (Å²) in [6.45, 7) is 2.68. The second-order valence-electron chi connectivity index (χ2n) is 4.57. The fourth-order valence-electron chi connectivity index (χ4n) is 2.39. The Kier molecular flexibility index (Phi) is 2.76. The standard InChI is InChI=1S/C15H15NO2/c1-10-5-7-16-9-13(10)14(17)12-4-2-3-11-6-8-18-15(11)12/h2-5,7,9,14,17H,6,8H2,1H3. The highest BCUT2D eigenvalue weighted by Crippen LogP contribution is 2.36. The van der Waals surface area contributed by atoms with Gasteiger partial charge in [-0.1, -0.05) is 18.2 Å². The minimum Gasteiger partial charge on any atom is -0.493 e. The van der Waals surface area contributed by atoms with Gasteiger partial charge in [-0.2, -0.15) is 0 Å². The zero-order valence-electron chi connectivity index (χ0n) is 10.3. The molecule has 1 aromatic heterocycles. The monoisotopic (exact) mass is 241 g/mol. The third kappa shape index (κ3) is 1.77. The van der Waals surface area contributed by atoms with Crippen LogP contribution in [0.15, 0.2) is 36.7 Å². The van der Waals surface area contributed by atoms with E-state index in [-0.39, 0.29) is 0 Å². The average molecular weight is 241 g/mol. The van der Waals surface area contributed by atoms with Crippen molar-refractivity contribution in [2.45, 2.75) is 19.4 Å². The second-order valence-corrected chi connectivity index (χ2v) is 4.57. The lowest BCUT2D eigenvalue weighted by Gasteiger charge is -2.16. The third-order valence-electron chi connectivity index (χ3n) is 3.41. The Balaban J connectivity index is 2.06. The van der Waals surface area contributed by atoms with Gasteiger partial charge in [-0.15, -0.1) is 0 Å². The lowest BCUT2D eigenvalue weighted by atomic mass is 9.97. The number of ether oxygens (including phenoxy) is 1. The Morgan fingerprint density at radius 1 is 1.28 bits per heavy atom. The normalized spacial score (nSPS) is 15.0. The zero-order valence-corrected chi connectivity index (χ0v) is 10.3. The Hall–Kier alpha value is -1.87. The van der Waals surface area contributed by atoms with Gasteiger partial charge in [0.1, 0.15) is 11.9 Å². The molecule has 2 heterocycles. The van der Waals surface area contributed by atoms with E-state index in [1.54, 1.807) is 12.4 Å². The topological polar surface area (TPSA) is 42.4 Å². The van der Waals surface area contributed by atoms with Crippen molar-refractivity contribution in [3.8, 4) is 5.75 Å². The molecule has 0 fully saturated rings. The number of para-hydroxylation sites is 1. The molecule has 1 aromatic carbocycles. The molecule has 0 amide bonds. The van der Waals surface area contributed by atoms with E-state index in [1.165, 1.54) is 5.56 Å². The molecular weight excluding hydrogens is 226 g/mol. The van der Waals surface area contributed by atoms with Crippen LogP contribution in [0.25, 0.3) is 0 Å². The number of aliphatic hydroxyl groups excluding tert-OH is 1. The number of pyridine rings is 1. The molecule has 2 aromatic rings. The molecule has 3 heteroatoms. The predicted octanol–water partition coefficient (Wildman–Crippen LogP) is 2.41. The number of hydrogen-bond acceptors (Lipinski definition) is 3. The van der Waals surface area contributed by atoms with Crippen LogP contribution in [0.4, 0.5) is 0 Å². The van der Waals surface area contributed by atoms with Crippen molar-refractivity contribution in [2.24, 2.45) is 0 Å².